The molecule has 0 aliphatic rings. The van der Waals surface area contributed by atoms with E-state index in [-0.39, 0.29) is 18.0 Å². The highest BCUT2D eigenvalue weighted by molar-refractivity contribution is 5.92. The molecule has 146 valence electrons. The minimum absolute atomic E-state index is 0.124. The van der Waals surface area contributed by atoms with Gasteiger partial charge in [-0.3, -0.25) is 18.9 Å². The minimum Gasteiger partial charge on any atom is -0.497 e. The number of aryl methyl sites for hydroxylation is 1. The number of likely N-dealkylation sites (N-methyl/N-ethyl adjacent to an activating group) is 1. The molecule has 0 aliphatic carbocycles. The summed E-state index contributed by atoms with van der Waals surface area (Å²) in [5.41, 5.74) is 2.79. The van der Waals surface area contributed by atoms with Crippen LogP contribution in [0.3, 0.4) is 0 Å². The maximum absolute atomic E-state index is 12.4. The first kappa shape index (κ1) is 19.6. The molecule has 0 spiro atoms. The number of pyridine rings is 1. The molecule has 2 aromatic heterocycles. The van der Waals surface area contributed by atoms with E-state index in [1.165, 1.54) is 10.5 Å². The van der Waals surface area contributed by atoms with Gasteiger partial charge in [-0.25, -0.2) is 4.98 Å². The van der Waals surface area contributed by atoms with Crippen LogP contribution >= 0.6 is 0 Å². The van der Waals surface area contributed by atoms with Gasteiger partial charge in [0.15, 0.2) is 0 Å². The maximum atomic E-state index is 12.4. The average Bonchev–Trinajstić information content (AvgIpc) is 2.68. The number of methoxy groups -OCH3 is 1. The first-order valence-electron chi connectivity index (χ1n) is 9.13. The third kappa shape index (κ3) is 4.75. The van der Waals surface area contributed by atoms with E-state index in [1.807, 2.05) is 49.1 Å². The Labute approximate surface area is 163 Å². The first-order valence-corrected chi connectivity index (χ1v) is 9.13. The molecule has 1 amide bonds. The minimum atomic E-state index is -0.136. The number of hydrogen-bond donors (Lipinski definition) is 1. The smallest absolute Gasteiger partial charge is 0.258 e. The second kappa shape index (κ2) is 8.67. The molecule has 7 nitrogen and oxygen atoms in total. The van der Waals surface area contributed by atoms with Gasteiger partial charge in [0, 0.05) is 30.6 Å². The molecular formula is C21H24N4O3. The molecule has 0 saturated carbocycles. The molecule has 3 rings (SSSR count). The average molecular weight is 380 g/mol. The second-order valence-electron chi connectivity index (χ2n) is 6.60. The third-order valence-corrected chi connectivity index (χ3v) is 4.41. The van der Waals surface area contributed by atoms with Crippen LogP contribution in [0.5, 0.6) is 5.75 Å². The van der Waals surface area contributed by atoms with Crippen molar-refractivity contribution in [3.05, 3.63) is 70.3 Å². The lowest BCUT2D eigenvalue weighted by atomic mass is 10.3. The van der Waals surface area contributed by atoms with Crippen molar-refractivity contribution in [2.45, 2.75) is 20.4 Å². The summed E-state index contributed by atoms with van der Waals surface area (Å²) >= 11 is 0. The molecule has 0 unspecified atom stereocenters. The summed E-state index contributed by atoms with van der Waals surface area (Å²) in [5, 5.41) is 2.87. The quantitative estimate of drug-likeness (QED) is 0.681. The Morgan fingerprint density at radius 1 is 1.25 bits per heavy atom. The van der Waals surface area contributed by atoms with Crippen LogP contribution in [0.1, 0.15) is 18.2 Å². The predicted octanol–water partition coefficient (Wildman–Crippen LogP) is 2.47. The Bertz CT molecular complexity index is 1050. The fraction of sp³-hybridized carbons (Fsp3) is 0.286. The lowest BCUT2D eigenvalue weighted by Crippen LogP contribution is -2.33. The summed E-state index contributed by atoms with van der Waals surface area (Å²) in [7, 11) is 1.58. The van der Waals surface area contributed by atoms with Crippen LogP contribution in [-0.4, -0.2) is 40.4 Å². The fourth-order valence-electron chi connectivity index (χ4n) is 2.95. The summed E-state index contributed by atoms with van der Waals surface area (Å²) in [6, 6.07) is 12.5. The monoisotopic (exact) mass is 380 g/mol. The van der Waals surface area contributed by atoms with Crippen molar-refractivity contribution in [1.82, 2.24) is 14.3 Å². The van der Waals surface area contributed by atoms with Gasteiger partial charge in [-0.1, -0.05) is 19.1 Å². The van der Waals surface area contributed by atoms with Crippen molar-refractivity contribution in [1.29, 1.82) is 0 Å². The number of nitrogens with one attached hydrogen (secondary N) is 1. The van der Waals surface area contributed by atoms with Gasteiger partial charge in [-0.05, 0) is 37.2 Å². The Morgan fingerprint density at radius 2 is 2.07 bits per heavy atom. The van der Waals surface area contributed by atoms with E-state index < -0.39 is 0 Å². The summed E-state index contributed by atoms with van der Waals surface area (Å²) in [6.45, 7) is 5.17. The molecule has 0 bridgehead atoms. The van der Waals surface area contributed by atoms with Crippen molar-refractivity contribution in [2.24, 2.45) is 0 Å². The zero-order chi connectivity index (χ0) is 20.1. The number of anilines is 1. The summed E-state index contributed by atoms with van der Waals surface area (Å²) < 4.78 is 6.70. The topological polar surface area (TPSA) is 75.9 Å². The number of rotatable bonds is 7. The molecule has 0 fully saturated rings. The number of benzene rings is 1. The van der Waals surface area contributed by atoms with Gasteiger partial charge >= 0.3 is 0 Å². The van der Waals surface area contributed by atoms with Gasteiger partial charge in [-0.15, -0.1) is 0 Å². The van der Waals surface area contributed by atoms with Gasteiger partial charge in [0.1, 0.15) is 11.4 Å². The highest BCUT2D eigenvalue weighted by atomic mass is 16.5. The van der Waals surface area contributed by atoms with Crippen LogP contribution in [0.15, 0.2) is 53.5 Å². The second-order valence-corrected chi connectivity index (χ2v) is 6.60. The third-order valence-electron chi connectivity index (χ3n) is 4.41. The Morgan fingerprint density at radius 3 is 2.82 bits per heavy atom. The molecule has 3 aromatic rings. The highest BCUT2D eigenvalue weighted by Gasteiger charge is 2.12. The Balaban J connectivity index is 1.70. The van der Waals surface area contributed by atoms with E-state index in [9.17, 15) is 9.59 Å². The van der Waals surface area contributed by atoms with E-state index in [4.69, 9.17) is 4.74 Å². The van der Waals surface area contributed by atoms with E-state index in [2.05, 4.69) is 10.3 Å². The summed E-state index contributed by atoms with van der Waals surface area (Å²) in [4.78, 5) is 31.3. The highest BCUT2D eigenvalue weighted by Crippen LogP contribution is 2.16. The molecule has 1 N–H and O–H groups in total. The number of carbonyl (C=O) groups excluding carboxylic acids is 1. The van der Waals surface area contributed by atoms with Crippen LogP contribution in [0.2, 0.25) is 0 Å². The molecule has 28 heavy (non-hydrogen) atoms. The number of amides is 1. The van der Waals surface area contributed by atoms with E-state index in [1.54, 1.807) is 19.4 Å². The van der Waals surface area contributed by atoms with Crippen LogP contribution in [0.4, 0.5) is 5.69 Å². The summed E-state index contributed by atoms with van der Waals surface area (Å²) in [5.74, 6) is 0.546. The number of nitrogens with zero attached hydrogens (tertiary/aromatic N) is 3. The zero-order valence-electron chi connectivity index (χ0n) is 16.3. The first-order chi connectivity index (χ1) is 13.5. The number of fused-ring (bicyclic) bond motifs is 1. The molecule has 7 heteroatoms. The van der Waals surface area contributed by atoms with Crippen LogP contribution in [0, 0.1) is 6.92 Å². The Kier molecular flexibility index (Phi) is 6.06. The Hall–Kier alpha value is -3.19. The van der Waals surface area contributed by atoms with E-state index in [0.29, 0.717) is 35.9 Å². The maximum Gasteiger partial charge on any atom is 0.258 e. The normalized spacial score (nSPS) is 11.0. The number of hydrogen-bond acceptors (Lipinski definition) is 5. The largest absolute Gasteiger partial charge is 0.497 e. The number of carbonyl (C=O) groups is 1. The predicted molar refractivity (Wildman–Crippen MR) is 109 cm³/mol. The molecular weight excluding hydrogens is 356 g/mol. The SMILES string of the molecule is CCN(CC(=O)Nc1cccc(OC)c1)Cc1cc(=O)n2cc(C)ccc2n1. The summed E-state index contributed by atoms with van der Waals surface area (Å²) in [6.07, 6.45) is 1.77. The van der Waals surface area contributed by atoms with Gasteiger partial charge in [0.05, 0.1) is 19.3 Å². The van der Waals surface area contributed by atoms with E-state index >= 15 is 0 Å². The van der Waals surface area contributed by atoms with Crippen molar-refractivity contribution < 1.29 is 9.53 Å². The van der Waals surface area contributed by atoms with Crippen LogP contribution in [0.25, 0.3) is 5.65 Å². The number of aromatic nitrogens is 2. The van der Waals surface area contributed by atoms with Gasteiger partial charge < -0.3 is 10.1 Å². The van der Waals surface area contributed by atoms with Gasteiger partial charge in [0.25, 0.3) is 5.56 Å². The van der Waals surface area contributed by atoms with Crippen molar-refractivity contribution in [2.75, 3.05) is 25.5 Å². The van der Waals surface area contributed by atoms with Crippen molar-refractivity contribution in [3.63, 3.8) is 0 Å². The molecule has 0 aliphatic heterocycles. The fourth-order valence-corrected chi connectivity index (χ4v) is 2.95. The van der Waals surface area contributed by atoms with Crippen LogP contribution in [-0.2, 0) is 11.3 Å². The van der Waals surface area contributed by atoms with Gasteiger partial charge in [-0.2, -0.15) is 0 Å². The lowest BCUT2D eigenvalue weighted by molar-refractivity contribution is -0.117. The van der Waals surface area contributed by atoms with Gasteiger partial charge in [0.2, 0.25) is 5.91 Å². The molecule has 0 saturated heterocycles. The molecule has 0 atom stereocenters. The molecule has 2 heterocycles. The lowest BCUT2D eigenvalue weighted by Gasteiger charge is -2.19. The van der Waals surface area contributed by atoms with Crippen molar-refractivity contribution >= 4 is 17.2 Å². The standard InChI is InChI=1S/C21H24N4O3/c1-4-24(14-20(26)23-16-6-5-7-18(10-16)28-3)13-17-11-21(27)25-12-15(2)8-9-19(25)22-17/h5-12H,4,13-14H2,1-3H3,(H,23,26). The number of ether oxygens (including phenoxy) is 1. The van der Waals surface area contributed by atoms with E-state index in [0.717, 1.165) is 5.56 Å². The molecule has 1 aromatic carbocycles. The van der Waals surface area contributed by atoms with Crippen LogP contribution < -0.4 is 15.6 Å². The molecule has 0 radical (unpaired) electrons. The van der Waals surface area contributed by atoms with Crippen molar-refractivity contribution in [3.8, 4) is 5.75 Å². The zero-order valence-corrected chi connectivity index (χ0v) is 16.3.